The number of hydrogen-bond acceptors (Lipinski definition) is 4. The molecule has 2 aliphatic heterocycles. The van der Waals surface area contributed by atoms with E-state index < -0.39 is 6.04 Å². The first-order valence-electron chi connectivity index (χ1n) is 7.01. The molecule has 1 saturated heterocycles. The van der Waals surface area contributed by atoms with Crippen LogP contribution in [-0.4, -0.2) is 27.9 Å². The van der Waals surface area contributed by atoms with Crippen molar-refractivity contribution in [2.24, 2.45) is 0 Å². The number of aromatic nitrogens is 1. The van der Waals surface area contributed by atoms with E-state index in [-0.39, 0.29) is 17.7 Å². The summed E-state index contributed by atoms with van der Waals surface area (Å²) in [5.41, 5.74) is 2.25. The number of rotatable bonds is 1. The summed E-state index contributed by atoms with van der Waals surface area (Å²) in [4.78, 5) is 30.5. The maximum atomic E-state index is 12.7. The molecule has 1 aromatic heterocycles. The van der Waals surface area contributed by atoms with E-state index in [1.54, 1.807) is 18.2 Å². The molecule has 22 heavy (non-hydrogen) atoms. The number of pyridine rings is 1. The van der Waals surface area contributed by atoms with Crippen molar-refractivity contribution in [3.63, 3.8) is 0 Å². The lowest BCUT2D eigenvalue weighted by Gasteiger charge is -2.31. The van der Waals surface area contributed by atoms with E-state index in [0.29, 0.717) is 40.7 Å². The predicted octanol–water partition coefficient (Wildman–Crippen LogP) is 1.69. The van der Waals surface area contributed by atoms with Crippen LogP contribution in [0.2, 0.25) is 0 Å². The number of anilines is 1. The van der Waals surface area contributed by atoms with Crippen LogP contribution in [0.1, 0.15) is 23.2 Å². The summed E-state index contributed by atoms with van der Waals surface area (Å²) in [6, 6.07) is 6.01. The molecule has 2 N–H and O–H groups in total. The van der Waals surface area contributed by atoms with Crippen LogP contribution < -0.4 is 10.2 Å². The van der Waals surface area contributed by atoms with E-state index in [4.69, 9.17) is 0 Å². The molecule has 1 unspecified atom stereocenters. The lowest BCUT2D eigenvalue weighted by atomic mass is 10.0. The van der Waals surface area contributed by atoms with Gasteiger partial charge in [-0.2, -0.15) is 0 Å². The number of nitrogens with one attached hydrogen (secondary N) is 1. The van der Waals surface area contributed by atoms with E-state index in [2.05, 4.69) is 16.9 Å². The van der Waals surface area contributed by atoms with Crippen LogP contribution in [-0.2, 0) is 4.79 Å². The Morgan fingerprint density at radius 3 is 2.95 bits per heavy atom. The molecule has 1 fully saturated rings. The highest BCUT2D eigenvalue weighted by Crippen LogP contribution is 2.40. The van der Waals surface area contributed by atoms with Crippen molar-refractivity contribution in [2.45, 2.75) is 18.9 Å². The molecule has 1 atom stereocenters. The molecule has 2 aliphatic rings. The van der Waals surface area contributed by atoms with Crippen molar-refractivity contribution in [1.29, 1.82) is 0 Å². The third-order valence-corrected chi connectivity index (χ3v) is 4.14. The largest absolute Gasteiger partial charge is 0.493 e. The predicted molar refractivity (Wildman–Crippen MR) is 80.5 cm³/mol. The second-order valence-electron chi connectivity index (χ2n) is 5.52. The van der Waals surface area contributed by atoms with Crippen molar-refractivity contribution >= 4 is 28.4 Å². The normalized spacial score (nSPS) is 20.6. The molecule has 110 valence electrons. The molecule has 0 saturated carbocycles. The summed E-state index contributed by atoms with van der Waals surface area (Å²) in [5, 5.41) is 13.2. The smallest absolute Gasteiger partial charge is 0.259 e. The van der Waals surface area contributed by atoms with Gasteiger partial charge in [-0.3, -0.25) is 14.5 Å². The molecule has 0 spiro atoms. The maximum absolute atomic E-state index is 12.7. The van der Waals surface area contributed by atoms with Crippen LogP contribution in [0.5, 0.6) is 5.88 Å². The van der Waals surface area contributed by atoms with Crippen molar-refractivity contribution in [3.05, 3.63) is 42.1 Å². The van der Waals surface area contributed by atoms with Gasteiger partial charge in [0.05, 0.1) is 16.8 Å². The zero-order valence-corrected chi connectivity index (χ0v) is 11.7. The molecule has 0 radical (unpaired) electrons. The fraction of sp³-hybridized carbons (Fsp3) is 0.188. The molecule has 3 heterocycles. The Morgan fingerprint density at radius 2 is 2.18 bits per heavy atom. The lowest BCUT2D eigenvalue weighted by Crippen LogP contribution is -2.51. The first-order valence-corrected chi connectivity index (χ1v) is 7.01. The zero-order valence-electron chi connectivity index (χ0n) is 11.7. The van der Waals surface area contributed by atoms with Crippen LogP contribution in [0.3, 0.4) is 0 Å². The van der Waals surface area contributed by atoms with Crippen molar-refractivity contribution in [3.8, 4) is 5.88 Å². The average Bonchev–Trinajstić information content (AvgIpc) is 2.74. The van der Waals surface area contributed by atoms with Crippen LogP contribution in [0, 0.1) is 0 Å². The van der Waals surface area contributed by atoms with E-state index >= 15 is 0 Å². The Bertz CT molecular complexity index is 859. The zero-order chi connectivity index (χ0) is 15.4. The van der Waals surface area contributed by atoms with Gasteiger partial charge >= 0.3 is 0 Å². The van der Waals surface area contributed by atoms with Crippen LogP contribution >= 0.6 is 0 Å². The lowest BCUT2D eigenvalue weighted by molar-refractivity contribution is -0.122. The van der Waals surface area contributed by atoms with Crippen molar-refractivity contribution in [1.82, 2.24) is 10.3 Å². The van der Waals surface area contributed by atoms with Gasteiger partial charge in [0.25, 0.3) is 5.91 Å². The summed E-state index contributed by atoms with van der Waals surface area (Å²) < 4.78 is 0. The van der Waals surface area contributed by atoms with Gasteiger partial charge in [-0.1, -0.05) is 12.6 Å². The summed E-state index contributed by atoms with van der Waals surface area (Å²) in [5.74, 6) is -0.650. The van der Waals surface area contributed by atoms with Crippen molar-refractivity contribution in [2.75, 3.05) is 4.90 Å². The molecule has 6 nitrogen and oxygen atoms in total. The van der Waals surface area contributed by atoms with E-state index in [0.717, 1.165) is 0 Å². The first-order chi connectivity index (χ1) is 10.6. The fourth-order valence-electron chi connectivity index (χ4n) is 3.18. The molecule has 1 aromatic carbocycles. The third kappa shape index (κ3) is 1.64. The molecule has 2 amide bonds. The number of nitrogens with zero attached hydrogens (tertiary/aromatic N) is 2. The molecular weight excluding hydrogens is 282 g/mol. The van der Waals surface area contributed by atoms with Crippen LogP contribution in [0.4, 0.5) is 5.69 Å². The Hall–Kier alpha value is -2.89. The Balaban J connectivity index is 1.89. The van der Waals surface area contributed by atoms with E-state index in [9.17, 15) is 14.7 Å². The summed E-state index contributed by atoms with van der Waals surface area (Å²) >= 11 is 0. The Morgan fingerprint density at radius 1 is 1.36 bits per heavy atom. The molecule has 2 aromatic rings. The summed E-state index contributed by atoms with van der Waals surface area (Å²) in [7, 11) is 0. The molecule has 0 bridgehead atoms. The van der Waals surface area contributed by atoms with Crippen LogP contribution in [0.15, 0.2) is 36.5 Å². The number of amides is 2. The number of allylic oxidation sites excluding steroid dienone is 1. The van der Waals surface area contributed by atoms with Gasteiger partial charge in [-0.25, -0.2) is 4.98 Å². The Labute approximate surface area is 126 Å². The SMILES string of the molecule is C=C1CCC(N2C(=O)c3cccc4nc(O)cc2c34)C(=O)N1. The second kappa shape index (κ2) is 4.30. The third-order valence-electron chi connectivity index (χ3n) is 4.14. The second-order valence-corrected chi connectivity index (χ2v) is 5.52. The summed E-state index contributed by atoms with van der Waals surface area (Å²) in [6.45, 7) is 3.75. The number of piperidine rings is 1. The highest BCUT2D eigenvalue weighted by molar-refractivity contribution is 6.26. The molecule has 0 aliphatic carbocycles. The minimum Gasteiger partial charge on any atom is -0.493 e. The number of carbonyl (C=O) groups is 2. The van der Waals surface area contributed by atoms with Gasteiger partial charge in [-0.05, 0) is 25.0 Å². The molecule has 6 heteroatoms. The first kappa shape index (κ1) is 12.8. The number of benzene rings is 1. The van der Waals surface area contributed by atoms with Crippen molar-refractivity contribution < 1.29 is 14.7 Å². The van der Waals surface area contributed by atoms with Crippen LogP contribution in [0.25, 0.3) is 10.9 Å². The average molecular weight is 295 g/mol. The minimum absolute atomic E-state index is 0.167. The molecule has 4 rings (SSSR count). The highest BCUT2D eigenvalue weighted by atomic mass is 16.3. The number of aromatic hydroxyl groups is 1. The minimum atomic E-state index is -0.601. The topological polar surface area (TPSA) is 82.5 Å². The number of hydrogen-bond donors (Lipinski definition) is 2. The van der Waals surface area contributed by atoms with Gasteiger partial charge in [-0.15, -0.1) is 0 Å². The maximum Gasteiger partial charge on any atom is 0.259 e. The highest BCUT2D eigenvalue weighted by Gasteiger charge is 2.40. The van der Waals surface area contributed by atoms with Gasteiger partial charge in [0.2, 0.25) is 11.8 Å². The van der Waals surface area contributed by atoms with Gasteiger partial charge in [0.1, 0.15) is 6.04 Å². The molecular formula is C16H13N3O3. The van der Waals surface area contributed by atoms with E-state index in [1.807, 2.05) is 0 Å². The van der Waals surface area contributed by atoms with Gasteiger partial charge in [0, 0.05) is 17.1 Å². The quantitative estimate of drug-likeness (QED) is 0.838. The standard InChI is InChI=1S/C16H13N3O3/c1-8-5-6-11(15(21)17-8)19-12-7-13(20)18-10-4-2-3-9(14(10)12)16(19)22/h2-4,7,11H,1,5-6H2,(H,17,21)(H,18,20). The summed E-state index contributed by atoms with van der Waals surface area (Å²) in [6.07, 6.45) is 1.13. The van der Waals surface area contributed by atoms with Gasteiger partial charge in [0.15, 0.2) is 0 Å². The van der Waals surface area contributed by atoms with E-state index in [1.165, 1.54) is 11.0 Å². The van der Waals surface area contributed by atoms with Gasteiger partial charge < -0.3 is 10.4 Å². The Kier molecular flexibility index (Phi) is 2.51. The fourth-order valence-corrected chi connectivity index (χ4v) is 3.18. The number of carbonyl (C=O) groups excluding carboxylic acids is 2. The monoisotopic (exact) mass is 295 g/mol.